The highest BCUT2D eigenvalue weighted by Gasteiger charge is 2.35. The highest BCUT2D eigenvalue weighted by molar-refractivity contribution is 5.88. The lowest BCUT2D eigenvalue weighted by molar-refractivity contribution is 0.0381. The van der Waals surface area contributed by atoms with Crippen LogP contribution in [0, 0.1) is 12.7 Å². The number of halogens is 1. The SMILES string of the molecule is Cc1cc(F)cc2c3c(n(C[C@](C)(O)c4ccncc4)c12)C[C@H]1CCCN1C3. The molecular formula is C23H26FN3O. The van der Waals surface area contributed by atoms with Crippen LogP contribution in [0.15, 0.2) is 36.7 Å². The van der Waals surface area contributed by atoms with Crippen LogP contribution in [0.3, 0.4) is 0 Å². The maximum absolute atomic E-state index is 14.3. The van der Waals surface area contributed by atoms with Gasteiger partial charge in [0.1, 0.15) is 11.4 Å². The lowest BCUT2D eigenvalue weighted by atomic mass is 9.96. The second-order valence-electron chi connectivity index (χ2n) is 8.61. The van der Waals surface area contributed by atoms with Crippen molar-refractivity contribution in [2.24, 2.45) is 0 Å². The zero-order valence-electron chi connectivity index (χ0n) is 16.5. The molecule has 0 radical (unpaired) electrons. The molecule has 5 heteroatoms. The summed E-state index contributed by atoms with van der Waals surface area (Å²) in [4.78, 5) is 6.61. The summed E-state index contributed by atoms with van der Waals surface area (Å²) in [5.74, 6) is -0.186. The number of benzene rings is 1. The first kappa shape index (κ1) is 17.8. The van der Waals surface area contributed by atoms with Crippen molar-refractivity contribution in [2.75, 3.05) is 6.54 Å². The maximum atomic E-state index is 14.3. The van der Waals surface area contributed by atoms with Crippen LogP contribution in [0.25, 0.3) is 10.9 Å². The van der Waals surface area contributed by atoms with Crippen LogP contribution in [-0.2, 0) is 25.1 Å². The Hall–Kier alpha value is -2.24. The van der Waals surface area contributed by atoms with Crippen LogP contribution >= 0.6 is 0 Å². The van der Waals surface area contributed by atoms with Crippen LogP contribution < -0.4 is 0 Å². The van der Waals surface area contributed by atoms with Crippen molar-refractivity contribution in [1.82, 2.24) is 14.5 Å². The highest BCUT2D eigenvalue weighted by atomic mass is 19.1. The van der Waals surface area contributed by atoms with Gasteiger partial charge >= 0.3 is 0 Å². The molecule has 5 rings (SSSR count). The predicted molar refractivity (Wildman–Crippen MR) is 108 cm³/mol. The quantitative estimate of drug-likeness (QED) is 0.750. The smallest absolute Gasteiger partial charge is 0.124 e. The van der Waals surface area contributed by atoms with Crippen molar-refractivity contribution in [3.63, 3.8) is 0 Å². The summed E-state index contributed by atoms with van der Waals surface area (Å²) in [7, 11) is 0. The van der Waals surface area contributed by atoms with Crippen LogP contribution in [-0.4, -0.2) is 32.1 Å². The van der Waals surface area contributed by atoms with Gasteiger partial charge in [-0.15, -0.1) is 0 Å². The second-order valence-corrected chi connectivity index (χ2v) is 8.61. The van der Waals surface area contributed by atoms with Crippen molar-refractivity contribution in [2.45, 2.75) is 57.8 Å². The van der Waals surface area contributed by atoms with Gasteiger partial charge in [0.05, 0.1) is 12.1 Å². The predicted octanol–water partition coefficient (Wildman–Crippen LogP) is 3.91. The molecule has 0 saturated carbocycles. The molecule has 1 saturated heterocycles. The van der Waals surface area contributed by atoms with Gasteiger partial charge in [-0.2, -0.15) is 0 Å². The maximum Gasteiger partial charge on any atom is 0.124 e. The fraction of sp³-hybridized carbons (Fsp3) is 0.435. The Morgan fingerprint density at radius 1 is 1.29 bits per heavy atom. The zero-order chi connectivity index (χ0) is 19.5. The van der Waals surface area contributed by atoms with Gasteiger partial charge in [0.25, 0.3) is 0 Å². The molecule has 0 amide bonds. The summed E-state index contributed by atoms with van der Waals surface area (Å²) in [5.41, 5.74) is 4.30. The molecule has 3 aromatic rings. The number of rotatable bonds is 3. The summed E-state index contributed by atoms with van der Waals surface area (Å²) >= 11 is 0. The van der Waals surface area contributed by atoms with Crippen LogP contribution in [0.1, 0.15) is 42.1 Å². The molecule has 2 atom stereocenters. The van der Waals surface area contributed by atoms with E-state index in [1.807, 2.05) is 26.0 Å². The molecular weight excluding hydrogens is 353 g/mol. The van der Waals surface area contributed by atoms with Crippen molar-refractivity contribution >= 4 is 10.9 Å². The number of nitrogens with zero attached hydrogens (tertiary/aromatic N) is 3. The second kappa shape index (κ2) is 6.39. The normalized spacial score (nSPS) is 21.5. The number of pyridine rings is 1. The summed E-state index contributed by atoms with van der Waals surface area (Å²) in [5, 5.41) is 12.3. The number of hydrogen-bond acceptors (Lipinski definition) is 3. The minimum atomic E-state index is -1.03. The molecule has 0 spiro atoms. The summed E-state index contributed by atoms with van der Waals surface area (Å²) in [6, 6.07) is 7.57. The Labute approximate surface area is 164 Å². The van der Waals surface area contributed by atoms with E-state index in [1.54, 1.807) is 24.5 Å². The van der Waals surface area contributed by atoms with E-state index in [4.69, 9.17) is 0 Å². The molecule has 4 nitrogen and oxygen atoms in total. The summed E-state index contributed by atoms with van der Waals surface area (Å²) in [6.45, 7) is 6.27. The summed E-state index contributed by atoms with van der Waals surface area (Å²) in [6.07, 6.45) is 6.84. The number of hydrogen-bond donors (Lipinski definition) is 1. The van der Waals surface area contributed by atoms with E-state index >= 15 is 0 Å². The Morgan fingerprint density at radius 2 is 2.07 bits per heavy atom. The summed E-state index contributed by atoms with van der Waals surface area (Å²) < 4.78 is 16.5. The molecule has 1 aromatic carbocycles. The van der Waals surface area contributed by atoms with E-state index in [0.717, 1.165) is 41.5 Å². The Kier molecular flexibility index (Phi) is 4.07. The van der Waals surface area contributed by atoms with E-state index in [2.05, 4.69) is 14.5 Å². The third kappa shape index (κ3) is 2.76. The molecule has 28 heavy (non-hydrogen) atoms. The minimum Gasteiger partial charge on any atom is -0.384 e. The third-order valence-corrected chi connectivity index (χ3v) is 6.59. The monoisotopic (exact) mass is 379 g/mol. The molecule has 2 aromatic heterocycles. The number of aliphatic hydroxyl groups is 1. The zero-order valence-corrected chi connectivity index (χ0v) is 16.5. The first-order valence-corrected chi connectivity index (χ1v) is 10.1. The fourth-order valence-corrected chi connectivity index (χ4v) is 5.23. The van der Waals surface area contributed by atoms with E-state index in [9.17, 15) is 9.50 Å². The molecule has 1 N–H and O–H groups in total. The van der Waals surface area contributed by atoms with Crippen molar-refractivity contribution < 1.29 is 9.50 Å². The number of aromatic nitrogens is 2. The van der Waals surface area contributed by atoms with Gasteiger partial charge in [0.2, 0.25) is 0 Å². The van der Waals surface area contributed by atoms with Crippen molar-refractivity contribution in [3.8, 4) is 0 Å². The first-order valence-electron chi connectivity index (χ1n) is 10.1. The Bertz CT molecular complexity index is 1040. The van der Waals surface area contributed by atoms with Gasteiger partial charge in [0, 0.05) is 42.5 Å². The Balaban J connectivity index is 1.68. The average Bonchev–Trinajstić information content (AvgIpc) is 3.23. The van der Waals surface area contributed by atoms with E-state index in [0.29, 0.717) is 12.6 Å². The molecule has 0 bridgehead atoms. The van der Waals surface area contributed by atoms with E-state index in [-0.39, 0.29) is 5.82 Å². The third-order valence-electron chi connectivity index (χ3n) is 6.59. The molecule has 2 aliphatic heterocycles. The lowest BCUT2D eigenvalue weighted by Gasteiger charge is -2.32. The standard InChI is InChI=1S/C23H26FN3O/c1-15-10-17(24)11-19-20-13-26-9-3-4-18(26)12-21(20)27(22(15)19)14-23(2,28)16-5-7-25-8-6-16/h5-8,10-11,18,28H,3-4,9,12-14H2,1-2H3/t18-,23+/m1/s1. The molecule has 146 valence electrons. The minimum absolute atomic E-state index is 0.186. The van der Waals surface area contributed by atoms with Gasteiger partial charge in [-0.05, 0) is 74.2 Å². The van der Waals surface area contributed by atoms with Gasteiger partial charge in [-0.1, -0.05) is 0 Å². The van der Waals surface area contributed by atoms with Gasteiger partial charge < -0.3 is 9.67 Å². The lowest BCUT2D eigenvalue weighted by Crippen LogP contribution is -2.37. The van der Waals surface area contributed by atoms with E-state index < -0.39 is 5.60 Å². The molecule has 1 fully saturated rings. The van der Waals surface area contributed by atoms with Crippen molar-refractivity contribution in [1.29, 1.82) is 0 Å². The largest absolute Gasteiger partial charge is 0.384 e. The van der Waals surface area contributed by atoms with Gasteiger partial charge in [0.15, 0.2) is 0 Å². The fourth-order valence-electron chi connectivity index (χ4n) is 5.23. The molecule has 0 unspecified atom stereocenters. The van der Waals surface area contributed by atoms with Crippen LogP contribution in [0.2, 0.25) is 0 Å². The average molecular weight is 379 g/mol. The molecule has 0 aliphatic carbocycles. The van der Waals surface area contributed by atoms with Crippen LogP contribution in [0.5, 0.6) is 0 Å². The Morgan fingerprint density at radius 3 is 2.86 bits per heavy atom. The van der Waals surface area contributed by atoms with Gasteiger partial charge in [-0.25, -0.2) is 4.39 Å². The highest BCUT2D eigenvalue weighted by Crippen LogP contribution is 2.39. The van der Waals surface area contributed by atoms with E-state index in [1.165, 1.54) is 24.1 Å². The number of aryl methyl sites for hydroxylation is 1. The van der Waals surface area contributed by atoms with Crippen LogP contribution in [0.4, 0.5) is 4.39 Å². The molecule has 2 aliphatic rings. The van der Waals surface area contributed by atoms with Gasteiger partial charge in [-0.3, -0.25) is 9.88 Å². The van der Waals surface area contributed by atoms with Crippen molar-refractivity contribution in [3.05, 3.63) is 64.9 Å². The topological polar surface area (TPSA) is 41.3 Å². The first-order chi connectivity index (χ1) is 13.4. The molecule has 4 heterocycles. The number of fused-ring (bicyclic) bond motifs is 4.